The third kappa shape index (κ3) is 4.15. The van der Waals surface area contributed by atoms with Gasteiger partial charge in [-0.25, -0.2) is 0 Å². The zero-order valence-electron chi connectivity index (χ0n) is 10.6. The number of aliphatic carboxylic acids is 1. The van der Waals surface area contributed by atoms with Gasteiger partial charge < -0.3 is 10.0 Å². The van der Waals surface area contributed by atoms with Gasteiger partial charge >= 0.3 is 5.97 Å². The number of rotatable bonds is 5. The smallest absolute Gasteiger partial charge is 0.323 e. The fourth-order valence-corrected chi connectivity index (χ4v) is 2.12. The van der Waals surface area contributed by atoms with E-state index >= 15 is 0 Å². The van der Waals surface area contributed by atoms with Crippen LogP contribution in [0, 0.1) is 0 Å². The Balaban J connectivity index is 2.21. The SMILES string of the molecule is O=C(O)CN(Cc1ccc(Cl)cc1)c1ccc(Cl)cc1. The van der Waals surface area contributed by atoms with Crippen LogP contribution in [0.25, 0.3) is 0 Å². The van der Waals surface area contributed by atoms with Crippen LogP contribution in [-0.2, 0) is 11.3 Å². The molecule has 0 bridgehead atoms. The van der Waals surface area contributed by atoms with Crippen LogP contribution >= 0.6 is 23.2 Å². The largest absolute Gasteiger partial charge is 0.480 e. The first-order valence-electron chi connectivity index (χ1n) is 6.01. The van der Waals surface area contributed by atoms with Crippen molar-refractivity contribution in [3.63, 3.8) is 0 Å². The summed E-state index contributed by atoms with van der Waals surface area (Å²) < 4.78 is 0. The van der Waals surface area contributed by atoms with Crippen LogP contribution in [0.3, 0.4) is 0 Å². The maximum absolute atomic E-state index is 11.0. The van der Waals surface area contributed by atoms with Gasteiger partial charge in [0.15, 0.2) is 0 Å². The number of carboxylic acid groups (broad SMARTS) is 1. The second kappa shape index (κ2) is 6.64. The molecule has 0 aliphatic carbocycles. The molecule has 2 aromatic rings. The molecular weight excluding hydrogens is 297 g/mol. The highest BCUT2D eigenvalue weighted by Gasteiger charge is 2.11. The van der Waals surface area contributed by atoms with E-state index in [0.717, 1.165) is 11.3 Å². The summed E-state index contributed by atoms with van der Waals surface area (Å²) in [6.07, 6.45) is 0. The molecule has 20 heavy (non-hydrogen) atoms. The molecule has 5 heteroatoms. The zero-order chi connectivity index (χ0) is 14.5. The normalized spacial score (nSPS) is 10.3. The van der Waals surface area contributed by atoms with Gasteiger partial charge in [0.25, 0.3) is 0 Å². The number of nitrogens with zero attached hydrogens (tertiary/aromatic N) is 1. The average molecular weight is 310 g/mol. The van der Waals surface area contributed by atoms with E-state index in [-0.39, 0.29) is 6.54 Å². The van der Waals surface area contributed by atoms with Gasteiger partial charge in [-0.3, -0.25) is 4.79 Å². The molecule has 0 atom stereocenters. The summed E-state index contributed by atoms with van der Waals surface area (Å²) in [4.78, 5) is 12.8. The number of benzene rings is 2. The maximum atomic E-state index is 11.0. The minimum atomic E-state index is -0.881. The van der Waals surface area contributed by atoms with Crippen LogP contribution in [0.1, 0.15) is 5.56 Å². The van der Waals surface area contributed by atoms with E-state index in [1.807, 2.05) is 12.1 Å². The molecule has 2 rings (SSSR count). The van der Waals surface area contributed by atoms with Crippen LogP contribution in [-0.4, -0.2) is 17.6 Å². The van der Waals surface area contributed by atoms with E-state index in [1.54, 1.807) is 41.3 Å². The summed E-state index contributed by atoms with van der Waals surface area (Å²) in [7, 11) is 0. The summed E-state index contributed by atoms with van der Waals surface area (Å²) in [6.45, 7) is 0.412. The van der Waals surface area contributed by atoms with Crippen LogP contribution in [0.5, 0.6) is 0 Å². The lowest BCUT2D eigenvalue weighted by molar-refractivity contribution is -0.135. The fourth-order valence-electron chi connectivity index (χ4n) is 1.86. The van der Waals surface area contributed by atoms with Gasteiger partial charge in [0.2, 0.25) is 0 Å². The first-order chi connectivity index (χ1) is 9.54. The number of halogens is 2. The molecule has 1 N–H and O–H groups in total. The molecule has 3 nitrogen and oxygen atoms in total. The number of hydrogen-bond donors (Lipinski definition) is 1. The van der Waals surface area contributed by atoms with Crippen LogP contribution in [0.4, 0.5) is 5.69 Å². The van der Waals surface area contributed by atoms with Crippen molar-refractivity contribution in [2.75, 3.05) is 11.4 Å². The van der Waals surface area contributed by atoms with Crippen molar-refractivity contribution in [1.82, 2.24) is 0 Å². The quantitative estimate of drug-likeness (QED) is 0.904. The third-order valence-corrected chi connectivity index (χ3v) is 3.31. The molecule has 104 valence electrons. The van der Waals surface area contributed by atoms with Gasteiger partial charge in [-0.1, -0.05) is 35.3 Å². The van der Waals surface area contributed by atoms with Crippen molar-refractivity contribution in [1.29, 1.82) is 0 Å². The summed E-state index contributed by atoms with van der Waals surface area (Å²) in [6, 6.07) is 14.4. The highest BCUT2D eigenvalue weighted by atomic mass is 35.5. The average Bonchev–Trinajstić information content (AvgIpc) is 2.41. The molecule has 0 spiro atoms. The van der Waals surface area contributed by atoms with E-state index in [2.05, 4.69) is 0 Å². The van der Waals surface area contributed by atoms with Gasteiger partial charge in [0.05, 0.1) is 0 Å². The first kappa shape index (κ1) is 14.7. The number of carboxylic acids is 1. The first-order valence-corrected chi connectivity index (χ1v) is 6.77. The topological polar surface area (TPSA) is 40.5 Å². The molecular formula is C15H13Cl2NO2. The van der Waals surface area contributed by atoms with Gasteiger partial charge in [-0.2, -0.15) is 0 Å². The summed E-state index contributed by atoms with van der Waals surface area (Å²) in [5.74, 6) is -0.881. The Labute approximate surface area is 127 Å². The van der Waals surface area contributed by atoms with Crippen molar-refractivity contribution < 1.29 is 9.90 Å². The Bertz CT molecular complexity index is 582. The lowest BCUT2D eigenvalue weighted by Gasteiger charge is -2.23. The van der Waals surface area contributed by atoms with Gasteiger partial charge in [-0.05, 0) is 42.0 Å². The van der Waals surface area contributed by atoms with E-state index in [4.69, 9.17) is 28.3 Å². The Kier molecular flexibility index (Phi) is 4.88. The highest BCUT2D eigenvalue weighted by Crippen LogP contribution is 2.20. The van der Waals surface area contributed by atoms with Gasteiger partial charge in [0, 0.05) is 22.3 Å². The molecule has 0 aliphatic heterocycles. The maximum Gasteiger partial charge on any atom is 0.323 e. The molecule has 2 aromatic carbocycles. The third-order valence-electron chi connectivity index (χ3n) is 2.80. The minimum absolute atomic E-state index is 0.0791. The van der Waals surface area contributed by atoms with Crippen LogP contribution in [0.15, 0.2) is 48.5 Å². The fraction of sp³-hybridized carbons (Fsp3) is 0.133. The number of hydrogen-bond acceptors (Lipinski definition) is 2. The predicted octanol–water partition coefficient (Wildman–Crippen LogP) is 4.08. The molecule has 0 saturated heterocycles. The van der Waals surface area contributed by atoms with Crippen molar-refractivity contribution in [3.05, 3.63) is 64.1 Å². The Morgan fingerprint density at radius 1 is 0.950 bits per heavy atom. The highest BCUT2D eigenvalue weighted by molar-refractivity contribution is 6.30. The van der Waals surface area contributed by atoms with Crippen molar-refractivity contribution in [2.45, 2.75) is 6.54 Å². The Morgan fingerprint density at radius 3 is 1.95 bits per heavy atom. The van der Waals surface area contributed by atoms with Crippen molar-refractivity contribution in [3.8, 4) is 0 Å². The Hall–Kier alpha value is -1.71. The Morgan fingerprint density at radius 2 is 1.45 bits per heavy atom. The molecule has 0 saturated carbocycles. The number of anilines is 1. The number of carbonyl (C=O) groups is 1. The van der Waals surface area contributed by atoms with Gasteiger partial charge in [-0.15, -0.1) is 0 Å². The predicted molar refractivity (Wildman–Crippen MR) is 81.6 cm³/mol. The zero-order valence-corrected chi connectivity index (χ0v) is 12.1. The second-order valence-electron chi connectivity index (χ2n) is 4.35. The summed E-state index contributed by atoms with van der Waals surface area (Å²) in [5.41, 5.74) is 1.80. The molecule has 0 unspecified atom stereocenters. The molecule has 0 amide bonds. The van der Waals surface area contributed by atoms with Gasteiger partial charge in [0.1, 0.15) is 6.54 Å². The van der Waals surface area contributed by atoms with E-state index in [0.29, 0.717) is 16.6 Å². The minimum Gasteiger partial charge on any atom is -0.480 e. The summed E-state index contributed by atoms with van der Waals surface area (Å²) >= 11 is 11.7. The van der Waals surface area contributed by atoms with E-state index in [1.165, 1.54) is 0 Å². The molecule has 0 fully saturated rings. The van der Waals surface area contributed by atoms with E-state index < -0.39 is 5.97 Å². The van der Waals surface area contributed by atoms with Crippen molar-refractivity contribution >= 4 is 34.9 Å². The van der Waals surface area contributed by atoms with Crippen molar-refractivity contribution in [2.24, 2.45) is 0 Å². The lowest BCUT2D eigenvalue weighted by atomic mass is 10.2. The summed E-state index contributed by atoms with van der Waals surface area (Å²) in [5, 5.41) is 10.3. The standard InChI is InChI=1S/C15H13Cl2NO2/c16-12-3-1-11(2-4-12)9-18(10-15(19)20)14-7-5-13(17)6-8-14/h1-8H,9-10H2,(H,19,20). The molecule has 0 aliphatic rings. The molecule has 0 aromatic heterocycles. The van der Waals surface area contributed by atoms with E-state index in [9.17, 15) is 4.79 Å². The molecule has 0 heterocycles. The molecule has 0 radical (unpaired) electrons. The van der Waals surface area contributed by atoms with Crippen LogP contribution in [0.2, 0.25) is 10.0 Å². The lowest BCUT2D eigenvalue weighted by Crippen LogP contribution is -2.29. The van der Waals surface area contributed by atoms with Crippen LogP contribution < -0.4 is 4.90 Å². The monoisotopic (exact) mass is 309 g/mol. The second-order valence-corrected chi connectivity index (χ2v) is 5.23.